The van der Waals surface area contributed by atoms with Crippen LogP contribution in [-0.4, -0.2) is 36.4 Å². The zero-order valence-corrected chi connectivity index (χ0v) is 15.0. The average Bonchev–Trinajstić information content (AvgIpc) is 2.84. The van der Waals surface area contributed by atoms with Crippen LogP contribution >= 0.6 is 0 Å². The van der Waals surface area contributed by atoms with Crippen molar-refractivity contribution in [1.29, 1.82) is 0 Å². The molecule has 0 radical (unpaired) electrons. The van der Waals surface area contributed by atoms with Gasteiger partial charge in [0.15, 0.2) is 0 Å². The first kappa shape index (κ1) is 18.2. The molecule has 3 N–H and O–H groups in total. The van der Waals surface area contributed by atoms with Crippen molar-refractivity contribution in [2.75, 3.05) is 13.1 Å². The number of hydrogen-bond donors (Lipinski definition) is 3. The van der Waals surface area contributed by atoms with Gasteiger partial charge in [0.05, 0.1) is 6.10 Å². The lowest BCUT2D eigenvalue weighted by molar-refractivity contribution is 0.144. The SMILES string of the molecule is CC(C)CNC1CC(CC(C)CNC2CCCCC2)CC1O. The summed E-state index contributed by atoms with van der Waals surface area (Å²) in [6, 6.07) is 1.09. The van der Waals surface area contributed by atoms with Crippen LogP contribution in [0.3, 0.4) is 0 Å². The van der Waals surface area contributed by atoms with Crippen LogP contribution in [0.2, 0.25) is 0 Å². The van der Waals surface area contributed by atoms with E-state index in [1.165, 1.54) is 38.5 Å². The van der Waals surface area contributed by atoms with Gasteiger partial charge in [0, 0.05) is 12.1 Å². The lowest BCUT2D eigenvalue weighted by atomic mass is 9.92. The van der Waals surface area contributed by atoms with Crippen LogP contribution in [0.15, 0.2) is 0 Å². The van der Waals surface area contributed by atoms with Crippen LogP contribution in [0.4, 0.5) is 0 Å². The minimum Gasteiger partial charge on any atom is -0.391 e. The quantitative estimate of drug-likeness (QED) is 0.644. The Morgan fingerprint density at radius 2 is 1.68 bits per heavy atom. The fourth-order valence-corrected chi connectivity index (χ4v) is 4.24. The minimum absolute atomic E-state index is 0.137. The van der Waals surface area contributed by atoms with Crippen molar-refractivity contribution in [1.82, 2.24) is 10.6 Å². The molecule has 2 aliphatic rings. The maximum absolute atomic E-state index is 10.2. The van der Waals surface area contributed by atoms with Gasteiger partial charge >= 0.3 is 0 Å². The van der Waals surface area contributed by atoms with Crippen molar-refractivity contribution in [3.63, 3.8) is 0 Å². The summed E-state index contributed by atoms with van der Waals surface area (Å²) in [5.41, 5.74) is 0. The summed E-state index contributed by atoms with van der Waals surface area (Å²) in [6.45, 7) is 9.00. The highest BCUT2D eigenvalue weighted by Gasteiger charge is 2.33. The van der Waals surface area contributed by atoms with Gasteiger partial charge in [-0.2, -0.15) is 0 Å². The molecule has 4 unspecified atom stereocenters. The van der Waals surface area contributed by atoms with Gasteiger partial charge in [-0.15, -0.1) is 0 Å². The molecule has 22 heavy (non-hydrogen) atoms. The summed E-state index contributed by atoms with van der Waals surface area (Å²) < 4.78 is 0. The first-order valence-electron chi connectivity index (χ1n) is 9.69. The minimum atomic E-state index is -0.137. The highest BCUT2D eigenvalue weighted by molar-refractivity contribution is 4.89. The Morgan fingerprint density at radius 3 is 2.36 bits per heavy atom. The van der Waals surface area contributed by atoms with Crippen molar-refractivity contribution in [2.45, 2.75) is 90.3 Å². The maximum atomic E-state index is 10.2. The van der Waals surface area contributed by atoms with Crippen LogP contribution in [0, 0.1) is 17.8 Å². The Balaban J connectivity index is 1.63. The van der Waals surface area contributed by atoms with E-state index in [0.29, 0.717) is 17.9 Å². The number of aliphatic hydroxyl groups excluding tert-OH is 1. The van der Waals surface area contributed by atoms with Gasteiger partial charge in [0.2, 0.25) is 0 Å². The average molecular weight is 311 g/mol. The van der Waals surface area contributed by atoms with Crippen molar-refractivity contribution in [2.24, 2.45) is 17.8 Å². The largest absolute Gasteiger partial charge is 0.391 e. The first-order valence-corrected chi connectivity index (χ1v) is 9.69. The van der Waals surface area contributed by atoms with E-state index in [2.05, 4.69) is 31.4 Å². The van der Waals surface area contributed by atoms with Gasteiger partial charge in [-0.25, -0.2) is 0 Å². The molecule has 2 saturated carbocycles. The molecular formula is C19H38N2O. The Labute approximate surface area is 137 Å². The van der Waals surface area contributed by atoms with Gasteiger partial charge in [0.25, 0.3) is 0 Å². The molecule has 0 amide bonds. The molecule has 0 heterocycles. The molecule has 3 nitrogen and oxygen atoms in total. The predicted octanol–water partition coefficient (Wildman–Crippen LogP) is 3.32. The van der Waals surface area contributed by atoms with Crippen LogP contribution in [-0.2, 0) is 0 Å². The fourth-order valence-electron chi connectivity index (χ4n) is 4.24. The highest BCUT2D eigenvalue weighted by Crippen LogP contribution is 2.31. The van der Waals surface area contributed by atoms with Crippen LogP contribution in [0.25, 0.3) is 0 Å². The van der Waals surface area contributed by atoms with E-state index in [4.69, 9.17) is 0 Å². The van der Waals surface area contributed by atoms with Crippen LogP contribution in [0.5, 0.6) is 0 Å². The molecule has 4 atom stereocenters. The third kappa shape index (κ3) is 6.17. The van der Waals surface area contributed by atoms with Crippen molar-refractivity contribution < 1.29 is 5.11 Å². The number of rotatable bonds is 8. The summed E-state index contributed by atoms with van der Waals surface area (Å²) in [7, 11) is 0. The molecule has 2 fully saturated rings. The second-order valence-electron chi connectivity index (χ2n) is 8.40. The molecule has 3 heteroatoms. The van der Waals surface area contributed by atoms with Gasteiger partial charge < -0.3 is 15.7 Å². The summed E-state index contributed by atoms with van der Waals surface area (Å²) in [5.74, 6) is 2.08. The van der Waals surface area contributed by atoms with E-state index >= 15 is 0 Å². The van der Waals surface area contributed by atoms with Crippen LogP contribution in [0.1, 0.15) is 72.1 Å². The van der Waals surface area contributed by atoms with Gasteiger partial charge in [-0.1, -0.05) is 40.0 Å². The molecule has 2 rings (SSSR count). The summed E-state index contributed by atoms with van der Waals surface area (Å²) in [6.07, 6.45) is 10.3. The topological polar surface area (TPSA) is 44.3 Å². The maximum Gasteiger partial charge on any atom is 0.0695 e. The molecule has 0 saturated heterocycles. The lowest BCUT2D eigenvalue weighted by Gasteiger charge is -2.25. The third-order valence-electron chi connectivity index (χ3n) is 5.51. The summed E-state index contributed by atoms with van der Waals surface area (Å²) in [4.78, 5) is 0. The second kappa shape index (κ2) is 9.24. The Kier molecular flexibility index (Phi) is 7.66. The standard InChI is InChI=1S/C19H38N2O/c1-14(2)12-21-18-10-16(11-19(18)22)9-15(3)13-20-17-7-5-4-6-8-17/h14-22H,4-13H2,1-3H3. The smallest absolute Gasteiger partial charge is 0.0695 e. The summed E-state index contributed by atoms with van der Waals surface area (Å²) >= 11 is 0. The highest BCUT2D eigenvalue weighted by atomic mass is 16.3. The Hall–Kier alpha value is -0.120. The molecule has 0 spiro atoms. The van der Waals surface area contributed by atoms with E-state index in [1.54, 1.807) is 0 Å². The van der Waals surface area contributed by atoms with E-state index in [1.807, 2.05) is 0 Å². The normalized spacial score (nSPS) is 31.8. The molecular weight excluding hydrogens is 272 g/mol. The number of aliphatic hydroxyl groups is 1. The molecule has 0 aromatic carbocycles. The number of hydrogen-bond acceptors (Lipinski definition) is 3. The van der Waals surface area contributed by atoms with Gasteiger partial charge in [-0.3, -0.25) is 0 Å². The van der Waals surface area contributed by atoms with E-state index < -0.39 is 0 Å². The molecule has 0 bridgehead atoms. The summed E-state index contributed by atoms with van der Waals surface area (Å²) in [5, 5.41) is 17.6. The first-order chi connectivity index (χ1) is 10.5. The molecule has 130 valence electrons. The second-order valence-corrected chi connectivity index (χ2v) is 8.40. The molecule has 0 aliphatic heterocycles. The van der Waals surface area contributed by atoms with Gasteiger partial charge in [-0.05, 0) is 62.9 Å². The molecule has 0 aromatic rings. The number of nitrogens with one attached hydrogen (secondary N) is 2. The Morgan fingerprint density at radius 1 is 0.955 bits per heavy atom. The fraction of sp³-hybridized carbons (Fsp3) is 1.00. The van der Waals surface area contributed by atoms with E-state index in [9.17, 15) is 5.11 Å². The van der Waals surface area contributed by atoms with E-state index in [-0.39, 0.29) is 6.10 Å². The Bertz CT molecular complexity index is 302. The van der Waals surface area contributed by atoms with Crippen molar-refractivity contribution in [3.05, 3.63) is 0 Å². The van der Waals surface area contributed by atoms with Crippen molar-refractivity contribution in [3.8, 4) is 0 Å². The van der Waals surface area contributed by atoms with E-state index in [0.717, 1.165) is 37.9 Å². The van der Waals surface area contributed by atoms with Crippen molar-refractivity contribution >= 4 is 0 Å². The zero-order chi connectivity index (χ0) is 15.9. The molecule has 0 aromatic heterocycles. The molecule has 2 aliphatic carbocycles. The lowest BCUT2D eigenvalue weighted by Crippen LogP contribution is -2.37. The van der Waals surface area contributed by atoms with Gasteiger partial charge in [0.1, 0.15) is 0 Å². The third-order valence-corrected chi connectivity index (χ3v) is 5.51. The monoisotopic (exact) mass is 310 g/mol. The predicted molar refractivity (Wildman–Crippen MR) is 94.0 cm³/mol. The zero-order valence-electron chi connectivity index (χ0n) is 15.0. The van der Waals surface area contributed by atoms with Crippen LogP contribution < -0.4 is 10.6 Å².